The maximum atomic E-state index is 12.1. The summed E-state index contributed by atoms with van der Waals surface area (Å²) in [4.78, 5) is 35.4. The molecule has 1 saturated heterocycles. The molecule has 2 fully saturated rings. The van der Waals surface area contributed by atoms with Crippen molar-refractivity contribution in [3.8, 4) is 0 Å². The number of carbonyl (C=O) groups is 2. The minimum Gasteiger partial charge on any atom is -0.395 e. The fourth-order valence-electron chi connectivity index (χ4n) is 2.90. The van der Waals surface area contributed by atoms with Crippen LogP contribution in [0.2, 0.25) is 0 Å². The Balaban J connectivity index is 1.50. The maximum Gasteiger partial charge on any atom is 0.433 e. The highest BCUT2D eigenvalue weighted by molar-refractivity contribution is 5.94. The summed E-state index contributed by atoms with van der Waals surface area (Å²) in [6, 6.07) is 2.70. The van der Waals surface area contributed by atoms with Gasteiger partial charge in [-0.3, -0.25) is 19.7 Å². The summed E-state index contributed by atoms with van der Waals surface area (Å²) in [6.07, 6.45) is 4.35. The number of hydrogen-bond donors (Lipinski definition) is 1. The molecule has 0 unspecified atom stereocenters. The zero-order valence-electron chi connectivity index (χ0n) is 12.0. The van der Waals surface area contributed by atoms with Gasteiger partial charge in [-0.05, 0) is 18.9 Å². The van der Waals surface area contributed by atoms with Crippen LogP contribution in [-0.4, -0.2) is 40.8 Å². The van der Waals surface area contributed by atoms with Gasteiger partial charge in [-0.1, -0.05) is 12.8 Å². The fraction of sp³-hybridized carbons (Fsp3) is 0.571. The SMILES string of the molecule is O=C(NC1CCCC1)C1CN(C(=O)c2ccc([N+](=O)[O-])o2)C1. The Morgan fingerprint density at radius 3 is 2.55 bits per heavy atom. The van der Waals surface area contributed by atoms with Gasteiger partial charge in [0.15, 0.2) is 5.76 Å². The Hall–Kier alpha value is -2.38. The third kappa shape index (κ3) is 2.81. The van der Waals surface area contributed by atoms with Crippen LogP contribution in [-0.2, 0) is 4.79 Å². The zero-order valence-corrected chi connectivity index (χ0v) is 12.0. The Bertz CT molecular complexity index is 599. The van der Waals surface area contributed by atoms with E-state index in [1.54, 1.807) is 0 Å². The van der Waals surface area contributed by atoms with E-state index in [0.29, 0.717) is 13.1 Å². The minimum atomic E-state index is -0.690. The number of nitrogens with one attached hydrogen (secondary N) is 1. The molecule has 1 aliphatic carbocycles. The van der Waals surface area contributed by atoms with Gasteiger partial charge in [-0.15, -0.1) is 0 Å². The number of nitro groups is 1. The lowest BCUT2D eigenvalue weighted by Gasteiger charge is -2.38. The summed E-state index contributed by atoms with van der Waals surface area (Å²) in [7, 11) is 0. The van der Waals surface area contributed by atoms with Crippen LogP contribution in [0, 0.1) is 16.0 Å². The van der Waals surface area contributed by atoms with Gasteiger partial charge in [0.05, 0.1) is 12.0 Å². The molecule has 0 radical (unpaired) electrons. The molecule has 8 nitrogen and oxygen atoms in total. The van der Waals surface area contributed by atoms with Crippen molar-refractivity contribution in [3.05, 3.63) is 28.0 Å². The van der Waals surface area contributed by atoms with E-state index in [4.69, 9.17) is 4.42 Å². The highest BCUT2D eigenvalue weighted by atomic mass is 16.6. The Morgan fingerprint density at radius 1 is 1.27 bits per heavy atom. The first kappa shape index (κ1) is 14.6. The molecule has 1 aromatic heterocycles. The lowest BCUT2D eigenvalue weighted by molar-refractivity contribution is -0.402. The maximum absolute atomic E-state index is 12.1. The van der Waals surface area contributed by atoms with Gasteiger partial charge >= 0.3 is 5.88 Å². The first-order valence-electron chi connectivity index (χ1n) is 7.38. The van der Waals surface area contributed by atoms with Crippen LogP contribution < -0.4 is 5.32 Å². The predicted molar refractivity (Wildman–Crippen MR) is 75.2 cm³/mol. The van der Waals surface area contributed by atoms with Crippen LogP contribution in [0.4, 0.5) is 5.88 Å². The smallest absolute Gasteiger partial charge is 0.395 e. The number of rotatable bonds is 4. The number of likely N-dealkylation sites (tertiary alicyclic amines) is 1. The first-order valence-corrected chi connectivity index (χ1v) is 7.38. The van der Waals surface area contributed by atoms with E-state index in [-0.39, 0.29) is 23.6 Å². The highest BCUT2D eigenvalue weighted by Gasteiger charge is 2.38. The molecule has 2 aliphatic rings. The third-order valence-corrected chi connectivity index (χ3v) is 4.22. The molecule has 1 aromatic rings. The summed E-state index contributed by atoms with van der Waals surface area (Å²) in [6.45, 7) is 0.651. The minimum absolute atomic E-state index is 0.0126. The van der Waals surface area contributed by atoms with Gasteiger partial charge in [0.2, 0.25) is 5.91 Å². The largest absolute Gasteiger partial charge is 0.433 e. The van der Waals surface area contributed by atoms with Gasteiger partial charge in [-0.25, -0.2) is 0 Å². The van der Waals surface area contributed by atoms with E-state index in [0.717, 1.165) is 31.7 Å². The van der Waals surface area contributed by atoms with E-state index in [1.165, 1.54) is 11.0 Å². The quantitative estimate of drug-likeness (QED) is 0.667. The van der Waals surface area contributed by atoms with Crippen molar-refractivity contribution < 1.29 is 18.9 Å². The van der Waals surface area contributed by atoms with E-state index >= 15 is 0 Å². The molecule has 1 saturated carbocycles. The van der Waals surface area contributed by atoms with Crippen LogP contribution >= 0.6 is 0 Å². The average molecular weight is 307 g/mol. The summed E-state index contributed by atoms with van der Waals surface area (Å²) in [5, 5.41) is 13.5. The number of nitrogens with zero attached hydrogens (tertiary/aromatic N) is 2. The molecule has 118 valence electrons. The molecule has 8 heteroatoms. The van der Waals surface area contributed by atoms with Gasteiger partial charge in [0.25, 0.3) is 5.91 Å². The summed E-state index contributed by atoms with van der Waals surface area (Å²) >= 11 is 0. The molecule has 1 aliphatic heterocycles. The molecular weight excluding hydrogens is 290 g/mol. The second-order valence-corrected chi connectivity index (χ2v) is 5.79. The third-order valence-electron chi connectivity index (χ3n) is 4.22. The summed E-state index contributed by atoms with van der Waals surface area (Å²) in [5.74, 6) is -1.16. The summed E-state index contributed by atoms with van der Waals surface area (Å²) < 4.78 is 4.88. The molecule has 2 heterocycles. The average Bonchev–Trinajstić information content (AvgIpc) is 3.07. The van der Waals surface area contributed by atoms with Crippen molar-refractivity contribution in [1.82, 2.24) is 10.2 Å². The molecule has 0 spiro atoms. The first-order chi connectivity index (χ1) is 10.5. The monoisotopic (exact) mass is 307 g/mol. The van der Waals surface area contributed by atoms with Crippen LogP contribution in [0.5, 0.6) is 0 Å². The van der Waals surface area contributed by atoms with Crippen molar-refractivity contribution in [3.63, 3.8) is 0 Å². The zero-order chi connectivity index (χ0) is 15.7. The van der Waals surface area contributed by atoms with E-state index in [9.17, 15) is 19.7 Å². The molecule has 1 N–H and O–H groups in total. The van der Waals surface area contributed by atoms with Crippen molar-refractivity contribution in [2.75, 3.05) is 13.1 Å². The second-order valence-electron chi connectivity index (χ2n) is 5.79. The molecule has 3 rings (SSSR count). The van der Waals surface area contributed by atoms with Crippen molar-refractivity contribution in [1.29, 1.82) is 0 Å². The van der Waals surface area contributed by atoms with Gasteiger partial charge in [0, 0.05) is 19.1 Å². The Labute approximate surface area is 126 Å². The molecule has 0 aromatic carbocycles. The normalized spacial score (nSPS) is 19.0. The molecule has 2 amide bonds. The number of carbonyl (C=O) groups excluding carboxylic acids is 2. The van der Waals surface area contributed by atoms with Crippen LogP contribution in [0.15, 0.2) is 16.5 Å². The van der Waals surface area contributed by atoms with E-state index < -0.39 is 16.7 Å². The standard InChI is InChI=1S/C14H17N3O5/c18-13(15-10-3-1-2-4-10)9-7-16(8-9)14(19)11-5-6-12(22-11)17(20)21/h5-6,9-10H,1-4,7-8H2,(H,15,18). The number of amides is 2. The fourth-order valence-corrected chi connectivity index (χ4v) is 2.90. The lowest BCUT2D eigenvalue weighted by atomic mass is 9.98. The molecule has 22 heavy (non-hydrogen) atoms. The van der Waals surface area contributed by atoms with E-state index in [2.05, 4.69) is 5.32 Å². The van der Waals surface area contributed by atoms with Crippen LogP contribution in [0.3, 0.4) is 0 Å². The van der Waals surface area contributed by atoms with Gasteiger partial charge in [0.1, 0.15) is 4.92 Å². The second kappa shape index (κ2) is 5.78. The van der Waals surface area contributed by atoms with Gasteiger partial charge < -0.3 is 14.6 Å². The van der Waals surface area contributed by atoms with Crippen molar-refractivity contribution in [2.24, 2.45) is 5.92 Å². The Morgan fingerprint density at radius 2 is 1.95 bits per heavy atom. The van der Waals surface area contributed by atoms with Crippen molar-refractivity contribution in [2.45, 2.75) is 31.7 Å². The lowest BCUT2D eigenvalue weighted by Crippen LogP contribution is -2.56. The Kier molecular flexibility index (Phi) is 3.82. The van der Waals surface area contributed by atoms with Crippen LogP contribution in [0.1, 0.15) is 36.2 Å². The number of hydrogen-bond acceptors (Lipinski definition) is 5. The van der Waals surface area contributed by atoms with Crippen molar-refractivity contribution >= 4 is 17.7 Å². The highest BCUT2D eigenvalue weighted by Crippen LogP contribution is 2.24. The molecule has 0 bridgehead atoms. The number of furan rings is 1. The summed E-state index contributed by atoms with van der Waals surface area (Å²) in [5.41, 5.74) is 0. The molecular formula is C14H17N3O5. The van der Waals surface area contributed by atoms with Gasteiger partial charge in [-0.2, -0.15) is 0 Å². The van der Waals surface area contributed by atoms with Crippen LogP contribution in [0.25, 0.3) is 0 Å². The van der Waals surface area contributed by atoms with E-state index in [1.807, 2.05) is 0 Å². The topological polar surface area (TPSA) is 106 Å². The molecule has 0 atom stereocenters. The predicted octanol–water partition coefficient (Wildman–Crippen LogP) is 1.32.